The number of hydrogen-bond acceptors (Lipinski definition) is 4. The van der Waals surface area contributed by atoms with Crippen LogP contribution in [0.4, 0.5) is 0 Å². The summed E-state index contributed by atoms with van der Waals surface area (Å²) in [5.41, 5.74) is 0.562. The lowest BCUT2D eigenvalue weighted by molar-refractivity contribution is -0.0397. The number of nitrogens with zero attached hydrogens (tertiary/aromatic N) is 2. The highest BCUT2D eigenvalue weighted by molar-refractivity contribution is 6.18. The number of hydrogen-bond donors (Lipinski definition) is 2. The molecule has 17 heavy (non-hydrogen) atoms. The van der Waals surface area contributed by atoms with Gasteiger partial charge in [-0.3, -0.25) is 0 Å². The Bertz CT molecular complexity index is 336. The predicted molar refractivity (Wildman–Crippen MR) is 62.8 cm³/mol. The molecule has 0 spiro atoms. The van der Waals surface area contributed by atoms with Gasteiger partial charge in [0.1, 0.15) is 12.3 Å². The summed E-state index contributed by atoms with van der Waals surface area (Å²) in [6, 6.07) is 0. The molecule has 0 aromatic carbocycles. The smallest absolute Gasteiger partial charge is 0.150 e. The van der Waals surface area contributed by atoms with Gasteiger partial charge in [0.2, 0.25) is 0 Å². The number of rotatable bonds is 4. The molecule has 1 fully saturated rings. The second-order valence-corrected chi connectivity index (χ2v) is 4.55. The van der Waals surface area contributed by atoms with Gasteiger partial charge in [-0.1, -0.05) is 0 Å². The Morgan fingerprint density at radius 3 is 3.00 bits per heavy atom. The molecular formula is C11H17ClN2O3. The molecule has 1 saturated heterocycles. The monoisotopic (exact) mass is 260 g/mol. The molecule has 3 atom stereocenters. The van der Waals surface area contributed by atoms with Gasteiger partial charge in [0.05, 0.1) is 18.2 Å². The first-order chi connectivity index (χ1) is 8.22. The minimum Gasteiger partial charge on any atom is -0.389 e. The molecule has 6 heteroatoms. The van der Waals surface area contributed by atoms with Crippen molar-refractivity contribution in [1.82, 2.24) is 9.78 Å². The molecule has 2 heterocycles. The zero-order valence-corrected chi connectivity index (χ0v) is 10.3. The number of alkyl halides is 1. The number of aliphatic hydroxyl groups is 2. The summed E-state index contributed by atoms with van der Waals surface area (Å²) in [6.45, 7) is 0.743. The zero-order valence-electron chi connectivity index (χ0n) is 9.50. The van der Waals surface area contributed by atoms with Crippen LogP contribution in [0.15, 0.2) is 12.4 Å². The molecule has 0 radical (unpaired) electrons. The third-order valence-electron chi connectivity index (χ3n) is 2.94. The Balaban J connectivity index is 2.04. The lowest BCUT2D eigenvalue weighted by Crippen LogP contribution is -2.20. The van der Waals surface area contributed by atoms with Crippen LogP contribution in [-0.4, -0.2) is 38.6 Å². The van der Waals surface area contributed by atoms with Crippen LogP contribution in [0.5, 0.6) is 0 Å². The Hall–Kier alpha value is -0.620. The van der Waals surface area contributed by atoms with Crippen LogP contribution in [0.2, 0.25) is 0 Å². The quantitative estimate of drug-likeness (QED) is 0.799. The predicted octanol–water partition coefficient (Wildman–Crippen LogP) is 1.22. The number of aromatic nitrogens is 2. The van der Waals surface area contributed by atoms with Crippen LogP contribution in [0.25, 0.3) is 0 Å². The van der Waals surface area contributed by atoms with Crippen molar-refractivity contribution in [3.8, 4) is 0 Å². The molecule has 0 saturated carbocycles. The third kappa shape index (κ3) is 2.98. The van der Waals surface area contributed by atoms with E-state index in [1.165, 1.54) is 0 Å². The number of aliphatic hydroxyl groups excluding tert-OH is 2. The number of ether oxygens (including phenoxy) is 1. The van der Waals surface area contributed by atoms with Crippen LogP contribution in [0.1, 0.15) is 37.2 Å². The van der Waals surface area contributed by atoms with E-state index in [0.717, 1.165) is 25.9 Å². The van der Waals surface area contributed by atoms with Gasteiger partial charge in [-0.05, 0) is 19.3 Å². The molecule has 96 valence electrons. The van der Waals surface area contributed by atoms with Gasteiger partial charge in [-0.25, -0.2) is 4.68 Å². The standard InChI is InChI=1S/C11H17ClN2O3/c12-5-9(15)11(16)8-6-13-14(7-8)10-3-1-2-4-17-10/h6-7,9-11,15-16H,1-5H2/t9?,10-,11?/m0/s1. The van der Waals surface area contributed by atoms with Crippen molar-refractivity contribution in [1.29, 1.82) is 0 Å². The second kappa shape index (κ2) is 5.82. The summed E-state index contributed by atoms with van der Waals surface area (Å²) in [5, 5.41) is 23.4. The maximum Gasteiger partial charge on any atom is 0.150 e. The van der Waals surface area contributed by atoms with Gasteiger partial charge in [0.25, 0.3) is 0 Å². The average molecular weight is 261 g/mol. The highest BCUT2D eigenvalue weighted by Crippen LogP contribution is 2.24. The minimum atomic E-state index is -0.996. The zero-order chi connectivity index (χ0) is 12.3. The molecule has 5 nitrogen and oxygen atoms in total. The van der Waals surface area contributed by atoms with Crippen molar-refractivity contribution < 1.29 is 14.9 Å². The van der Waals surface area contributed by atoms with E-state index >= 15 is 0 Å². The van der Waals surface area contributed by atoms with Gasteiger partial charge in [-0.2, -0.15) is 5.10 Å². The van der Waals surface area contributed by atoms with Crippen LogP contribution >= 0.6 is 11.6 Å². The molecule has 0 bridgehead atoms. The SMILES string of the molecule is OC(CCl)C(O)c1cnn([C@@H]2CCCCO2)c1. The van der Waals surface area contributed by atoms with E-state index in [2.05, 4.69) is 5.10 Å². The summed E-state index contributed by atoms with van der Waals surface area (Å²) in [5.74, 6) is -0.00766. The van der Waals surface area contributed by atoms with E-state index in [4.69, 9.17) is 16.3 Å². The largest absolute Gasteiger partial charge is 0.389 e. The average Bonchev–Trinajstić information content (AvgIpc) is 2.87. The molecule has 2 N–H and O–H groups in total. The van der Waals surface area contributed by atoms with Crippen molar-refractivity contribution in [2.75, 3.05) is 12.5 Å². The molecule has 1 aliphatic rings. The van der Waals surface area contributed by atoms with Crippen molar-refractivity contribution in [3.63, 3.8) is 0 Å². The molecule has 2 rings (SSSR count). The Kier molecular flexibility index (Phi) is 4.39. The molecule has 0 amide bonds. The van der Waals surface area contributed by atoms with E-state index in [-0.39, 0.29) is 12.1 Å². The molecule has 0 aliphatic carbocycles. The fourth-order valence-electron chi connectivity index (χ4n) is 1.90. The first-order valence-corrected chi connectivity index (χ1v) is 6.33. The molecule has 1 aromatic heterocycles. The van der Waals surface area contributed by atoms with Crippen LogP contribution in [0, 0.1) is 0 Å². The van der Waals surface area contributed by atoms with E-state index in [0.29, 0.717) is 5.56 Å². The fraction of sp³-hybridized carbons (Fsp3) is 0.727. The van der Waals surface area contributed by atoms with Gasteiger partial charge in [0.15, 0.2) is 0 Å². The Morgan fingerprint density at radius 1 is 1.53 bits per heavy atom. The van der Waals surface area contributed by atoms with E-state index in [1.54, 1.807) is 17.1 Å². The Morgan fingerprint density at radius 2 is 2.35 bits per heavy atom. The highest BCUT2D eigenvalue weighted by Gasteiger charge is 2.22. The van der Waals surface area contributed by atoms with Gasteiger partial charge in [-0.15, -0.1) is 11.6 Å². The molecule has 2 unspecified atom stereocenters. The topological polar surface area (TPSA) is 67.5 Å². The van der Waals surface area contributed by atoms with Gasteiger partial charge in [0, 0.05) is 18.4 Å². The lowest BCUT2D eigenvalue weighted by atomic mass is 10.1. The normalized spacial score (nSPS) is 24.5. The summed E-state index contributed by atoms with van der Waals surface area (Å²) in [4.78, 5) is 0. The maximum absolute atomic E-state index is 9.77. The van der Waals surface area contributed by atoms with E-state index < -0.39 is 12.2 Å². The van der Waals surface area contributed by atoms with Gasteiger partial charge >= 0.3 is 0 Å². The number of halogens is 1. The molecular weight excluding hydrogens is 244 g/mol. The Labute approximate surface area is 105 Å². The first kappa shape index (κ1) is 12.8. The highest BCUT2D eigenvalue weighted by atomic mass is 35.5. The molecule has 1 aromatic rings. The van der Waals surface area contributed by atoms with E-state index in [1.807, 2.05) is 0 Å². The van der Waals surface area contributed by atoms with E-state index in [9.17, 15) is 10.2 Å². The summed E-state index contributed by atoms with van der Waals surface area (Å²) >= 11 is 5.49. The van der Waals surface area contributed by atoms with Crippen molar-refractivity contribution >= 4 is 11.6 Å². The minimum absolute atomic E-state index is 0.00766. The van der Waals surface area contributed by atoms with Gasteiger partial charge < -0.3 is 14.9 Å². The first-order valence-electron chi connectivity index (χ1n) is 5.80. The van der Waals surface area contributed by atoms with Crippen molar-refractivity contribution in [3.05, 3.63) is 18.0 Å². The van der Waals surface area contributed by atoms with Crippen molar-refractivity contribution in [2.45, 2.75) is 37.7 Å². The summed E-state index contributed by atoms with van der Waals surface area (Å²) < 4.78 is 7.27. The fourth-order valence-corrected chi connectivity index (χ4v) is 2.07. The summed E-state index contributed by atoms with van der Waals surface area (Å²) in [6.07, 6.45) is 4.35. The van der Waals surface area contributed by atoms with Crippen LogP contribution in [0.3, 0.4) is 0 Å². The van der Waals surface area contributed by atoms with Crippen LogP contribution in [-0.2, 0) is 4.74 Å². The second-order valence-electron chi connectivity index (χ2n) is 4.24. The third-order valence-corrected chi connectivity index (χ3v) is 3.25. The lowest BCUT2D eigenvalue weighted by Gasteiger charge is -2.22. The summed E-state index contributed by atoms with van der Waals surface area (Å²) in [7, 11) is 0. The van der Waals surface area contributed by atoms with Crippen LogP contribution < -0.4 is 0 Å². The molecule has 1 aliphatic heterocycles. The maximum atomic E-state index is 9.77. The van der Waals surface area contributed by atoms with Crippen molar-refractivity contribution in [2.24, 2.45) is 0 Å².